The molecule has 2 heterocycles. The fourth-order valence-electron chi connectivity index (χ4n) is 1.38. The van der Waals surface area contributed by atoms with E-state index in [0.29, 0.717) is 18.1 Å². The number of rotatable bonds is 2. The lowest BCUT2D eigenvalue weighted by molar-refractivity contribution is -0.137. The molecule has 0 spiro atoms. The highest BCUT2D eigenvalue weighted by atomic mass is 35.5. The van der Waals surface area contributed by atoms with Crippen molar-refractivity contribution in [3.8, 4) is 0 Å². The summed E-state index contributed by atoms with van der Waals surface area (Å²) < 4.78 is 4.85. The second-order valence-corrected chi connectivity index (χ2v) is 4.62. The summed E-state index contributed by atoms with van der Waals surface area (Å²) in [4.78, 5) is 15.7. The number of ether oxygens (including phenoxy) is 1. The highest BCUT2D eigenvalue weighted by molar-refractivity contribution is 7.99. The van der Waals surface area contributed by atoms with E-state index >= 15 is 0 Å². The maximum absolute atomic E-state index is 11.5. The first-order valence-corrected chi connectivity index (χ1v) is 6.49. The molecule has 0 aromatic carbocycles. The zero-order chi connectivity index (χ0) is 12.3. The quantitative estimate of drug-likeness (QED) is 0.661. The molecule has 0 saturated carbocycles. The van der Waals surface area contributed by atoms with Crippen LogP contribution in [0.5, 0.6) is 0 Å². The van der Waals surface area contributed by atoms with Crippen LogP contribution in [0.1, 0.15) is 6.92 Å². The third-order valence-electron chi connectivity index (χ3n) is 2.13. The van der Waals surface area contributed by atoms with Gasteiger partial charge in [-0.15, -0.1) is 0 Å². The number of esters is 1. The van der Waals surface area contributed by atoms with Crippen LogP contribution in [-0.4, -0.2) is 23.3 Å². The van der Waals surface area contributed by atoms with E-state index in [-0.39, 0.29) is 5.03 Å². The van der Waals surface area contributed by atoms with Gasteiger partial charge in [0, 0.05) is 11.9 Å². The van der Waals surface area contributed by atoms with Crippen LogP contribution in [0.3, 0.4) is 0 Å². The predicted molar refractivity (Wildman–Crippen MR) is 68.1 cm³/mol. The molecule has 17 heavy (non-hydrogen) atoms. The number of aromatic nitrogens is 1. The van der Waals surface area contributed by atoms with E-state index in [4.69, 9.17) is 16.3 Å². The molecule has 0 fully saturated rings. The number of hydrogen-bond acceptors (Lipinski definition) is 5. The molecule has 1 N–H and O–H groups in total. The Morgan fingerprint density at radius 2 is 2.53 bits per heavy atom. The van der Waals surface area contributed by atoms with Crippen LogP contribution < -0.4 is 5.32 Å². The SMILES string of the molecule is CCOC(=O)C(Cl)=C1CSc2ncccc2N1. The summed E-state index contributed by atoms with van der Waals surface area (Å²) in [6.45, 7) is 2.06. The maximum atomic E-state index is 11.5. The van der Waals surface area contributed by atoms with Crippen molar-refractivity contribution in [1.29, 1.82) is 0 Å². The average Bonchev–Trinajstić information content (AvgIpc) is 2.37. The van der Waals surface area contributed by atoms with Crippen molar-refractivity contribution in [2.24, 2.45) is 0 Å². The Morgan fingerprint density at radius 1 is 1.71 bits per heavy atom. The van der Waals surface area contributed by atoms with E-state index in [0.717, 1.165) is 10.7 Å². The summed E-state index contributed by atoms with van der Waals surface area (Å²) in [5.74, 6) is 0.0892. The standard InChI is InChI=1S/C11H11ClN2O2S/c1-2-16-11(15)9(12)8-6-17-10-7(14-8)4-3-5-13-10/h3-5,14H,2,6H2,1H3. The highest BCUT2D eigenvalue weighted by Crippen LogP contribution is 2.33. The van der Waals surface area contributed by atoms with Gasteiger partial charge in [-0.3, -0.25) is 0 Å². The van der Waals surface area contributed by atoms with Crippen LogP contribution in [-0.2, 0) is 9.53 Å². The van der Waals surface area contributed by atoms with Gasteiger partial charge in [-0.1, -0.05) is 23.4 Å². The van der Waals surface area contributed by atoms with Gasteiger partial charge in [0.05, 0.1) is 18.0 Å². The van der Waals surface area contributed by atoms with Gasteiger partial charge in [0.1, 0.15) is 10.1 Å². The van der Waals surface area contributed by atoms with Crippen molar-refractivity contribution < 1.29 is 9.53 Å². The number of thioether (sulfide) groups is 1. The summed E-state index contributed by atoms with van der Waals surface area (Å²) in [6, 6.07) is 3.72. The van der Waals surface area contributed by atoms with Gasteiger partial charge in [0.15, 0.2) is 0 Å². The lowest BCUT2D eigenvalue weighted by Gasteiger charge is -2.19. The van der Waals surface area contributed by atoms with Gasteiger partial charge in [0.25, 0.3) is 0 Å². The topological polar surface area (TPSA) is 51.2 Å². The number of fused-ring (bicyclic) bond motifs is 1. The molecular weight excluding hydrogens is 260 g/mol. The average molecular weight is 271 g/mol. The zero-order valence-electron chi connectivity index (χ0n) is 9.20. The van der Waals surface area contributed by atoms with Crippen LogP contribution in [0.4, 0.5) is 5.69 Å². The number of carbonyl (C=O) groups excluding carboxylic acids is 1. The molecule has 0 amide bonds. The van der Waals surface area contributed by atoms with Gasteiger partial charge in [-0.25, -0.2) is 9.78 Å². The normalized spacial score (nSPS) is 16.8. The van der Waals surface area contributed by atoms with Gasteiger partial charge in [0.2, 0.25) is 0 Å². The van der Waals surface area contributed by atoms with E-state index < -0.39 is 5.97 Å². The molecule has 4 nitrogen and oxygen atoms in total. The first-order chi connectivity index (χ1) is 8.22. The molecule has 1 aliphatic rings. The molecule has 0 bridgehead atoms. The number of halogens is 1. The van der Waals surface area contributed by atoms with Crippen molar-refractivity contribution in [3.05, 3.63) is 29.1 Å². The third-order valence-corrected chi connectivity index (χ3v) is 3.54. The lowest BCUT2D eigenvalue weighted by atomic mass is 10.3. The van der Waals surface area contributed by atoms with Crippen LogP contribution in [0.2, 0.25) is 0 Å². The Hall–Kier alpha value is -1.20. The molecule has 1 aromatic heterocycles. The monoisotopic (exact) mass is 270 g/mol. The largest absolute Gasteiger partial charge is 0.462 e. The molecule has 0 atom stereocenters. The van der Waals surface area contributed by atoms with E-state index in [2.05, 4.69) is 10.3 Å². The smallest absolute Gasteiger partial charge is 0.351 e. The number of nitrogens with zero attached hydrogens (tertiary/aromatic N) is 1. The molecule has 2 rings (SSSR count). The summed E-state index contributed by atoms with van der Waals surface area (Å²) in [7, 11) is 0. The Labute approximate surface area is 108 Å². The number of hydrogen-bond donors (Lipinski definition) is 1. The van der Waals surface area contributed by atoms with Crippen LogP contribution in [0.25, 0.3) is 0 Å². The second-order valence-electron chi connectivity index (χ2n) is 3.28. The third kappa shape index (κ3) is 2.73. The van der Waals surface area contributed by atoms with Crippen molar-refractivity contribution in [2.45, 2.75) is 11.9 Å². The van der Waals surface area contributed by atoms with E-state index in [1.807, 2.05) is 12.1 Å². The molecule has 6 heteroatoms. The minimum atomic E-state index is -0.496. The maximum Gasteiger partial charge on any atom is 0.351 e. The summed E-state index contributed by atoms with van der Waals surface area (Å²) in [5.41, 5.74) is 1.52. The highest BCUT2D eigenvalue weighted by Gasteiger charge is 2.20. The molecule has 90 valence electrons. The van der Waals surface area contributed by atoms with E-state index in [1.54, 1.807) is 13.1 Å². The van der Waals surface area contributed by atoms with Gasteiger partial charge >= 0.3 is 5.97 Å². The predicted octanol–water partition coefficient (Wildman–Crippen LogP) is 2.61. The zero-order valence-corrected chi connectivity index (χ0v) is 10.8. The lowest BCUT2D eigenvalue weighted by Crippen LogP contribution is -2.15. The van der Waals surface area contributed by atoms with Crippen LogP contribution >= 0.6 is 23.4 Å². The van der Waals surface area contributed by atoms with Crippen molar-refractivity contribution >= 4 is 35.0 Å². The van der Waals surface area contributed by atoms with E-state index in [9.17, 15) is 4.79 Å². The Morgan fingerprint density at radius 3 is 3.29 bits per heavy atom. The minimum Gasteiger partial charge on any atom is -0.462 e. The van der Waals surface area contributed by atoms with Gasteiger partial charge in [-0.2, -0.15) is 0 Å². The Bertz CT molecular complexity index is 476. The van der Waals surface area contributed by atoms with Gasteiger partial charge < -0.3 is 10.1 Å². The fraction of sp³-hybridized carbons (Fsp3) is 0.273. The number of carbonyl (C=O) groups is 1. The summed E-state index contributed by atoms with van der Waals surface area (Å²) in [5, 5.41) is 4.11. The second kappa shape index (κ2) is 5.42. The number of pyridine rings is 1. The van der Waals surface area contributed by atoms with Crippen LogP contribution in [0, 0.1) is 0 Å². The van der Waals surface area contributed by atoms with Crippen LogP contribution in [0.15, 0.2) is 34.1 Å². The van der Waals surface area contributed by atoms with Crippen molar-refractivity contribution in [1.82, 2.24) is 4.98 Å². The van der Waals surface area contributed by atoms with Crippen molar-refractivity contribution in [2.75, 3.05) is 17.7 Å². The molecule has 1 aliphatic heterocycles. The molecule has 0 radical (unpaired) electrons. The number of nitrogens with one attached hydrogen (secondary N) is 1. The molecular formula is C11H11ClN2O2S. The van der Waals surface area contributed by atoms with Crippen molar-refractivity contribution in [3.63, 3.8) is 0 Å². The molecule has 1 aromatic rings. The summed E-state index contributed by atoms with van der Waals surface area (Å²) in [6.07, 6.45) is 1.73. The molecule has 0 saturated heterocycles. The fourth-order valence-corrected chi connectivity index (χ4v) is 2.53. The first kappa shape index (κ1) is 12.3. The van der Waals surface area contributed by atoms with Gasteiger partial charge in [-0.05, 0) is 19.1 Å². The Balaban J connectivity index is 2.22. The first-order valence-electron chi connectivity index (χ1n) is 5.13. The molecule has 0 unspecified atom stereocenters. The Kier molecular flexibility index (Phi) is 3.91. The number of anilines is 1. The summed E-state index contributed by atoms with van der Waals surface area (Å²) >= 11 is 7.50. The van der Waals surface area contributed by atoms with E-state index in [1.165, 1.54) is 11.8 Å². The minimum absolute atomic E-state index is 0.105. The molecule has 0 aliphatic carbocycles.